The summed E-state index contributed by atoms with van der Waals surface area (Å²) in [6.07, 6.45) is 14.3. The van der Waals surface area contributed by atoms with E-state index in [1.807, 2.05) is 0 Å². The Labute approximate surface area is 100 Å². The second-order valence-corrected chi connectivity index (χ2v) is 10.8. The zero-order chi connectivity index (χ0) is 10.5. The van der Waals surface area contributed by atoms with Crippen LogP contribution in [0.5, 0.6) is 0 Å². The Morgan fingerprint density at radius 3 is 1.50 bits per heavy atom. The Hall–Kier alpha value is 0.519. The minimum absolute atomic E-state index is 0.950. The van der Waals surface area contributed by atoms with E-state index in [-0.39, 0.29) is 0 Å². The van der Waals surface area contributed by atoms with Gasteiger partial charge in [0.05, 0.1) is 0 Å². The molecule has 0 aromatic rings. The SMILES string of the molecule is CC/C=C\CC[Se][Se]CC/C=C\CC. The van der Waals surface area contributed by atoms with Gasteiger partial charge in [0.1, 0.15) is 0 Å². The van der Waals surface area contributed by atoms with Crippen molar-refractivity contribution >= 4 is 26.3 Å². The van der Waals surface area contributed by atoms with Gasteiger partial charge in [-0.25, -0.2) is 0 Å². The zero-order valence-electron chi connectivity index (χ0n) is 9.37. The maximum atomic E-state index is 2.34. The molecule has 0 rings (SSSR count). The van der Waals surface area contributed by atoms with Crippen molar-refractivity contribution in [3.8, 4) is 0 Å². The molecule has 0 aliphatic heterocycles. The molecule has 0 nitrogen and oxygen atoms in total. The summed E-state index contributed by atoms with van der Waals surface area (Å²) in [4.78, 5) is 0. The van der Waals surface area contributed by atoms with Crippen molar-refractivity contribution in [1.82, 2.24) is 0 Å². The Bertz CT molecular complexity index is 132. The fraction of sp³-hybridized carbons (Fsp3) is 0.667. The molecule has 0 aliphatic rings. The molecule has 0 saturated carbocycles. The Balaban J connectivity index is 2.99. The quantitative estimate of drug-likeness (QED) is 0.343. The molecule has 0 radical (unpaired) electrons. The molecule has 0 aromatic heterocycles. The first kappa shape index (κ1) is 14.5. The summed E-state index contributed by atoms with van der Waals surface area (Å²) in [7, 11) is 0. The van der Waals surface area contributed by atoms with Crippen molar-refractivity contribution in [2.24, 2.45) is 0 Å². The average molecular weight is 324 g/mol. The summed E-state index contributed by atoms with van der Waals surface area (Å²) in [5, 5.41) is 2.92. The van der Waals surface area contributed by atoms with Crippen LogP contribution < -0.4 is 0 Å². The van der Waals surface area contributed by atoms with E-state index in [0.717, 1.165) is 26.3 Å². The van der Waals surface area contributed by atoms with Crippen LogP contribution in [0.3, 0.4) is 0 Å². The molecular formula is C12H22Se2. The monoisotopic (exact) mass is 326 g/mol. The molecule has 0 amide bonds. The number of hydrogen-bond acceptors (Lipinski definition) is 0. The molecule has 0 spiro atoms. The van der Waals surface area contributed by atoms with Gasteiger partial charge in [-0.05, 0) is 0 Å². The second-order valence-electron chi connectivity index (χ2n) is 2.98. The summed E-state index contributed by atoms with van der Waals surface area (Å²) < 4.78 is 0. The van der Waals surface area contributed by atoms with Crippen LogP contribution in [0, 0.1) is 0 Å². The van der Waals surface area contributed by atoms with E-state index in [1.165, 1.54) is 36.3 Å². The van der Waals surface area contributed by atoms with Gasteiger partial charge in [-0.15, -0.1) is 0 Å². The predicted molar refractivity (Wildman–Crippen MR) is 69.2 cm³/mol. The Morgan fingerprint density at radius 1 is 0.714 bits per heavy atom. The first-order valence-corrected chi connectivity index (χ1v) is 12.2. The summed E-state index contributed by atoms with van der Waals surface area (Å²) in [5.41, 5.74) is 0. The zero-order valence-corrected chi connectivity index (χ0v) is 12.8. The van der Waals surface area contributed by atoms with Crippen molar-refractivity contribution in [2.75, 3.05) is 0 Å². The van der Waals surface area contributed by atoms with Crippen LogP contribution in [0.1, 0.15) is 39.5 Å². The molecule has 0 bridgehead atoms. The normalized spacial score (nSPS) is 11.9. The molecule has 82 valence electrons. The van der Waals surface area contributed by atoms with E-state index < -0.39 is 0 Å². The molecule has 0 fully saturated rings. The molecule has 0 heterocycles. The van der Waals surface area contributed by atoms with Crippen molar-refractivity contribution in [3.05, 3.63) is 24.3 Å². The topological polar surface area (TPSA) is 0 Å². The Kier molecular flexibility index (Phi) is 14.0. The van der Waals surface area contributed by atoms with Crippen LogP contribution in [0.25, 0.3) is 0 Å². The van der Waals surface area contributed by atoms with Crippen LogP contribution in [0.2, 0.25) is 10.6 Å². The molecule has 0 N–H and O–H groups in total. The first-order chi connectivity index (χ1) is 6.91. The van der Waals surface area contributed by atoms with Gasteiger partial charge in [0.2, 0.25) is 0 Å². The molecule has 0 unspecified atom stereocenters. The number of allylic oxidation sites excluding steroid dienone is 4. The van der Waals surface area contributed by atoms with E-state index >= 15 is 0 Å². The van der Waals surface area contributed by atoms with E-state index in [1.54, 1.807) is 0 Å². The predicted octanol–water partition coefficient (Wildman–Crippen LogP) is 3.86. The average Bonchev–Trinajstić information content (AvgIpc) is 2.21. The molecule has 2 heteroatoms. The van der Waals surface area contributed by atoms with Gasteiger partial charge in [0, 0.05) is 0 Å². The molecule has 14 heavy (non-hydrogen) atoms. The van der Waals surface area contributed by atoms with Gasteiger partial charge < -0.3 is 0 Å². The molecular weight excluding hydrogens is 302 g/mol. The first-order valence-electron chi connectivity index (χ1n) is 5.46. The van der Waals surface area contributed by atoms with E-state index in [4.69, 9.17) is 0 Å². The van der Waals surface area contributed by atoms with Crippen LogP contribution in [0.4, 0.5) is 0 Å². The van der Waals surface area contributed by atoms with Crippen molar-refractivity contribution < 1.29 is 0 Å². The van der Waals surface area contributed by atoms with Gasteiger partial charge in [0.15, 0.2) is 0 Å². The van der Waals surface area contributed by atoms with Crippen molar-refractivity contribution in [2.45, 2.75) is 50.2 Å². The standard InChI is InChI=1S/C12H22Se2/c1-3-5-7-9-11-13-14-12-10-8-6-4-2/h5-8H,3-4,9-12H2,1-2H3/b7-5-,8-6-. The third kappa shape index (κ3) is 12.5. The molecule has 0 aromatic carbocycles. The summed E-state index contributed by atoms with van der Waals surface area (Å²) in [6, 6.07) is 0. The van der Waals surface area contributed by atoms with Crippen LogP contribution in [-0.4, -0.2) is 26.3 Å². The molecule has 0 atom stereocenters. The summed E-state index contributed by atoms with van der Waals surface area (Å²) >= 11 is 1.90. The van der Waals surface area contributed by atoms with Crippen LogP contribution in [-0.2, 0) is 0 Å². The fourth-order valence-electron chi connectivity index (χ4n) is 0.919. The second kappa shape index (κ2) is 13.5. The third-order valence-corrected chi connectivity index (χ3v) is 9.11. The van der Waals surface area contributed by atoms with Gasteiger partial charge in [0.25, 0.3) is 0 Å². The van der Waals surface area contributed by atoms with E-state index in [9.17, 15) is 0 Å². The maximum absolute atomic E-state index is 2.34. The van der Waals surface area contributed by atoms with Crippen molar-refractivity contribution in [1.29, 1.82) is 0 Å². The number of hydrogen-bond donors (Lipinski definition) is 0. The minimum atomic E-state index is 0.950. The third-order valence-electron chi connectivity index (χ3n) is 1.62. The van der Waals surface area contributed by atoms with Gasteiger partial charge >= 0.3 is 101 Å². The van der Waals surface area contributed by atoms with Gasteiger partial charge in [-0.2, -0.15) is 0 Å². The van der Waals surface area contributed by atoms with E-state index in [0.29, 0.717) is 0 Å². The summed E-state index contributed by atoms with van der Waals surface area (Å²) in [6.45, 7) is 4.40. The molecule has 0 saturated heterocycles. The molecule has 0 aliphatic carbocycles. The van der Waals surface area contributed by atoms with Gasteiger partial charge in [-0.1, -0.05) is 0 Å². The van der Waals surface area contributed by atoms with Gasteiger partial charge in [-0.3, -0.25) is 0 Å². The van der Waals surface area contributed by atoms with E-state index in [2.05, 4.69) is 38.2 Å². The van der Waals surface area contributed by atoms with Crippen LogP contribution in [0.15, 0.2) is 24.3 Å². The number of rotatable bonds is 9. The van der Waals surface area contributed by atoms with Crippen molar-refractivity contribution in [3.63, 3.8) is 0 Å². The summed E-state index contributed by atoms with van der Waals surface area (Å²) in [5.74, 6) is 0. The van der Waals surface area contributed by atoms with Crippen LogP contribution >= 0.6 is 0 Å². The fourth-order valence-corrected chi connectivity index (χ4v) is 7.06. The Morgan fingerprint density at radius 2 is 1.14 bits per heavy atom.